The molecule has 5 rings (SSSR count). The van der Waals surface area contributed by atoms with Gasteiger partial charge in [0.25, 0.3) is 5.91 Å². The lowest BCUT2D eigenvalue weighted by molar-refractivity contribution is 0.0712. The number of methoxy groups -OCH3 is 1. The van der Waals surface area contributed by atoms with Crippen molar-refractivity contribution in [2.45, 2.75) is 25.2 Å². The molecule has 1 amide bonds. The maximum atomic E-state index is 12.9. The molecule has 3 aromatic rings. The lowest BCUT2D eigenvalue weighted by Gasteiger charge is -2.31. The summed E-state index contributed by atoms with van der Waals surface area (Å²) in [7, 11) is 1.67. The summed E-state index contributed by atoms with van der Waals surface area (Å²) in [4.78, 5) is 14.8. The highest BCUT2D eigenvalue weighted by atomic mass is 32.1. The van der Waals surface area contributed by atoms with E-state index >= 15 is 0 Å². The Morgan fingerprint density at radius 2 is 1.87 bits per heavy atom. The van der Waals surface area contributed by atoms with E-state index in [2.05, 4.69) is 22.3 Å². The van der Waals surface area contributed by atoms with E-state index in [1.807, 2.05) is 17.0 Å². The Labute approximate surface area is 184 Å². The number of carbonyl (C=O) groups excluding carboxylic acids is 1. The highest BCUT2D eigenvalue weighted by Crippen LogP contribution is 2.34. The molecule has 1 aromatic heterocycles. The topological polar surface area (TPSA) is 73.8 Å². The Morgan fingerprint density at radius 3 is 2.65 bits per heavy atom. The quantitative estimate of drug-likeness (QED) is 0.603. The third-order valence-electron chi connectivity index (χ3n) is 5.75. The second-order valence-electron chi connectivity index (χ2n) is 7.69. The number of hydrogen-bond acceptors (Lipinski definition) is 7. The van der Waals surface area contributed by atoms with Gasteiger partial charge in [-0.15, -0.1) is 21.5 Å². The van der Waals surface area contributed by atoms with E-state index in [0.717, 1.165) is 35.0 Å². The maximum Gasteiger partial charge on any atom is 0.253 e. The van der Waals surface area contributed by atoms with Crippen LogP contribution in [-0.2, 0) is 6.42 Å². The van der Waals surface area contributed by atoms with E-state index in [1.54, 1.807) is 36.6 Å². The van der Waals surface area contributed by atoms with Gasteiger partial charge in [-0.1, -0.05) is 12.1 Å². The van der Waals surface area contributed by atoms with Crippen LogP contribution in [0.1, 0.15) is 44.7 Å². The summed E-state index contributed by atoms with van der Waals surface area (Å²) in [6.45, 7) is 1.64. The predicted molar refractivity (Wildman–Crippen MR) is 116 cm³/mol. The molecular formula is C23H23N3O4S. The molecule has 0 radical (unpaired) electrons. The molecule has 0 unspecified atom stereocenters. The van der Waals surface area contributed by atoms with E-state index in [-0.39, 0.29) is 12.7 Å². The lowest BCUT2D eigenvalue weighted by Crippen LogP contribution is -2.37. The van der Waals surface area contributed by atoms with Crippen LogP contribution in [0, 0.1) is 0 Å². The molecule has 0 saturated carbocycles. The molecular weight excluding hydrogens is 414 g/mol. The molecule has 3 heterocycles. The molecule has 1 fully saturated rings. The lowest BCUT2D eigenvalue weighted by atomic mass is 9.97. The van der Waals surface area contributed by atoms with E-state index in [0.29, 0.717) is 36.1 Å². The summed E-state index contributed by atoms with van der Waals surface area (Å²) in [6.07, 6.45) is 2.56. The number of ether oxygens (including phenoxy) is 3. The standard InChI is InChI=1S/C23H23N3O4S/c1-28-18-5-2-15(3-6-18)12-21-24-25-22(31-21)16-8-10-26(11-9-16)23(27)17-4-7-19-20(13-17)30-14-29-19/h2-7,13,16H,8-12,14H2,1H3. The highest BCUT2D eigenvalue weighted by molar-refractivity contribution is 7.11. The summed E-state index contributed by atoms with van der Waals surface area (Å²) in [5, 5.41) is 10.9. The molecule has 0 aliphatic carbocycles. The third kappa shape index (κ3) is 4.20. The molecule has 0 atom stereocenters. The molecule has 8 heteroatoms. The van der Waals surface area contributed by atoms with Crippen LogP contribution >= 0.6 is 11.3 Å². The molecule has 7 nitrogen and oxygen atoms in total. The van der Waals surface area contributed by atoms with Crippen LogP contribution in [0.3, 0.4) is 0 Å². The van der Waals surface area contributed by atoms with Crippen molar-refractivity contribution in [3.8, 4) is 17.2 Å². The van der Waals surface area contributed by atoms with Crippen molar-refractivity contribution in [2.24, 2.45) is 0 Å². The van der Waals surface area contributed by atoms with Crippen LogP contribution in [0.4, 0.5) is 0 Å². The van der Waals surface area contributed by atoms with Crippen LogP contribution in [-0.4, -0.2) is 48.0 Å². The SMILES string of the molecule is COc1ccc(Cc2nnc(C3CCN(C(=O)c4ccc5c(c4)OCO5)CC3)s2)cc1. The Bertz CT molecular complexity index is 1070. The van der Waals surface area contributed by atoms with Crippen molar-refractivity contribution in [3.63, 3.8) is 0 Å². The number of hydrogen-bond donors (Lipinski definition) is 0. The fraction of sp³-hybridized carbons (Fsp3) is 0.348. The zero-order chi connectivity index (χ0) is 21.2. The van der Waals surface area contributed by atoms with Gasteiger partial charge in [0.2, 0.25) is 6.79 Å². The minimum Gasteiger partial charge on any atom is -0.497 e. The van der Waals surface area contributed by atoms with Gasteiger partial charge in [0, 0.05) is 31.0 Å². The smallest absolute Gasteiger partial charge is 0.253 e. The van der Waals surface area contributed by atoms with Crippen molar-refractivity contribution in [1.29, 1.82) is 0 Å². The molecule has 0 bridgehead atoms. The molecule has 0 spiro atoms. The molecule has 2 aromatic carbocycles. The zero-order valence-electron chi connectivity index (χ0n) is 17.2. The summed E-state index contributed by atoms with van der Waals surface area (Å²) in [5.74, 6) is 2.57. The number of fused-ring (bicyclic) bond motifs is 1. The van der Waals surface area contributed by atoms with Gasteiger partial charge in [-0.3, -0.25) is 4.79 Å². The average molecular weight is 438 g/mol. The van der Waals surface area contributed by atoms with Crippen molar-refractivity contribution in [2.75, 3.05) is 27.0 Å². The average Bonchev–Trinajstić information content (AvgIpc) is 3.48. The third-order valence-corrected chi connectivity index (χ3v) is 6.83. The summed E-state index contributed by atoms with van der Waals surface area (Å²) >= 11 is 1.68. The first-order chi connectivity index (χ1) is 15.2. The first-order valence-electron chi connectivity index (χ1n) is 10.3. The number of amides is 1. The Hall–Kier alpha value is -3.13. The Morgan fingerprint density at radius 1 is 1.10 bits per heavy atom. The summed E-state index contributed by atoms with van der Waals surface area (Å²) < 4.78 is 15.9. The fourth-order valence-electron chi connectivity index (χ4n) is 3.96. The van der Waals surface area contributed by atoms with E-state index in [1.165, 1.54) is 5.56 Å². The van der Waals surface area contributed by atoms with Crippen molar-refractivity contribution >= 4 is 17.2 Å². The summed E-state index contributed by atoms with van der Waals surface area (Å²) in [5.41, 5.74) is 1.83. The minimum atomic E-state index is 0.0363. The van der Waals surface area contributed by atoms with Gasteiger partial charge in [-0.2, -0.15) is 0 Å². The molecule has 1 saturated heterocycles. The molecule has 160 valence electrons. The second kappa shape index (κ2) is 8.55. The van der Waals surface area contributed by atoms with Gasteiger partial charge >= 0.3 is 0 Å². The number of aromatic nitrogens is 2. The molecule has 2 aliphatic rings. The zero-order valence-corrected chi connectivity index (χ0v) is 18.1. The van der Waals surface area contributed by atoms with Gasteiger partial charge in [0.1, 0.15) is 15.8 Å². The number of likely N-dealkylation sites (tertiary alicyclic amines) is 1. The predicted octanol–water partition coefficient (Wildman–Crippen LogP) is 3.89. The van der Waals surface area contributed by atoms with E-state index in [4.69, 9.17) is 14.2 Å². The molecule has 31 heavy (non-hydrogen) atoms. The normalized spacial score (nSPS) is 15.8. The van der Waals surface area contributed by atoms with Gasteiger partial charge in [0.05, 0.1) is 7.11 Å². The number of carbonyl (C=O) groups is 1. The highest BCUT2D eigenvalue weighted by Gasteiger charge is 2.27. The van der Waals surface area contributed by atoms with Crippen LogP contribution in [0.25, 0.3) is 0 Å². The van der Waals surface area contributed by atoms with Crippen molar-refractivity contribution < 1.29 is 19.0 Å². The Balaban J connectivity index is 1.18. The van der Waals surface area contributed by atoms with Crippen molar-refractivity contribution in [3.05, 3.63) is 63.6 Å². The van der Waals surface area contributed by atoms with E-state index < -0.39 is 0 Å². The van der Waals surface area contributed by atoms with Crippen LogP contribution < -0.4 is 14.2 Å². The first kappa shape index (κ1) is 19.8. The maximum absolute atomic E-state index is 12.9. The van der Waals surface area contributed by atoms with Gasteiger partial charge in [-0.05, 0) is 48.7 Å². The Kier molecular flexibility index (Phi) is 5.46. The number of piperidine rings is 1. The van der Waals surface area contributed by atoms with Crippen molar-refractivity contribution in [1.82, 2.24) is 15.1 Å². The monoisotopic (exact) mass is 437 g/mol. The number of nitrogens with zero attached hydrogens (tertiary/aromatic N) is 3. The molecule has 2 aliphatic heterocycles. The number of rotatable bonds is 5. The van der Waals surface area contributed by atoms with Crippen LogP contribution in [0.2, 0.25) is 0 Å². The van der Waals surface area contributed by atoms with Gasteiger partial charge in [-0.25, -0.2) is 0 Å². The number of benzene rings is 2. The van der Waals surface area contributed by atoms with Gasteiger partial charge < -0.3 is 19.1 Å². The first-order valence-corrected chi connectivity index (χ1v) is 11.2. The van der Waals surface area contributed by atoms with Crippen LogP contribution in [0.15, 0.2) is 42.5 Å². The molecule has 0 N–H and O–H groups in total. The van der Waals surface area contributed by atoms with E-state index in [9.17, 15) is 4.79 Å². The second-order valence-corrected chi connectivity index (χ2v) is 8.79. The fourth-order valence-corrected chi connectivity index (χ4v) is 5.01. The summed E-state index contributed by atoms with van der Waals surface area (Å²) in [6, 6.07) is 13.4. The minimum absolute atomic E-state index is 0.0363. The largest absolute Gasteiger partial charge is 0.497 e. The van der Waals surface area contributed by atoms with Gasteiger partial charge in [0.15, 0.2) is 11.5 Å². The van der Waals surface area contributed by atoms with Crippen LogP contribution in [0.5, 0.6) is 17.2 Å².